The lowest BCUT2D eigenvalue weighted by atomic mass is 10.4. The molecule has 0 saturated carbocycles. The Morgan fingerprint density at radius 1 is 0.571 bits per heavy atom. The maximum Gasteiger partial charge on any atom is -0.000000344 e. The van der Waals surface area contributed by atoms with Crippen molar-refractivity contribution in [1.82, 2.24) is 0 Å². The number of hydrogen-bond acceptors (Lipinski definition) is 0. The van der Waals surface area contributed by atoms with Gasteiger partial charge < -0.3 is 0 Å². The first-order chi connectivity index (χ1) is 10.4. The third-order valence-corrected chi connectivity index (χ3v) is 1.62. The summed E-state index contributed by atoms with van der Waals surface area (Å²) in [5.41, 5.74) is 25.0. The standard InChI is InChI=1S/C21H13/c1-3-5-7-9-11-13-15-17-19-21-20-18-16-14-12-10-8-6-4-2/h1,4,6,8,10,12,14,16,18,20H,2H3/b6-4+,10-8+,14-12+,18-16+. The molecule has 0 atom stereocenters. The Balaban J connectivity index is 4.72. The number of hydrogen-bond donors (Lipinski definition) is 0. The van der Waals surface area contributed by atoms with Crippen LogP contribution in [0.15, 0.2) is 112 Å². The van der Waals surface area contributed by atoms with Crippen molar-refractivity contribution in [1.29, 1.82) is 0 Å². The molecule has 0 heteroatoms. The Morgan fingerprint density at radius 2 is 1.05 bits per heavy atom. The predicted octanol–water partition coefficient (Wildman–Crippen LogP) is 4.77. The van der Waals surface area contributed by atoms with Gasteiger partial charge in [0, 0.05) is 0 Å². The summed E-state index contributed by atoms with van der Waals surface area (Å²) in [6, 6.07) is 0. The van der Waals surface area contributed by atoms with Gasteiger partial charge in [-0.25, -0.2) is 0 Å². The van der Waals surface area contributed by atoms with Crippen molar-refractivity contribution in [3.63, 3.8) is 0 Å². The van der Waals surface area contributed by atoms with Crippen molar-refractivity contribution in [2.75, 3.05) is 0 Å². The molecule has 0 aliphatic rings. The van der Waals surface area contributed by atoms with Gasteiger partial charge in [-0.2, -0.15) is 0 Å². The van der Waals surface area contributed by atoms with Gasteiger partial charge in [0.05, 0.1) is 0 Å². The van der Waals surface area contributed by atoms with Crippen LogP contribution >= 0.6 is 0 Å². The molecule has 97 valence electrons. The zero-order valence-electron chi connectivity index (χ0n) is 11.8. The minimum atomic E-state index is 1.71. The smallest absolute Gasteiger partial charge is 0.000000344 e. The van der Waals surface area contributed by atoms with E-state index in [1.807, 2.05) is 55.5 Å². The second-order valence-corrected chi connectivity index (χ2v) is 3.14. The molecule has 0 nitrogen and oxygen atoms in total. The summed E-state index contributed by atoms with van der Waals surface area (Å²) in [6.45, 7) is 6.89. The molecule has 0 aliphatic heterocycles. The van der Waals surface area contributed by atoms with Crippen LogP contribution in [0.25, 0.3) is 0 Å². The first kappa shape index (κ1) is 17.5. The van der Waals surface area contributed by atoms with Crippen LogP contribution in [0.5, 0.6) is 0 Å². The molecule has 0 fully saturated rings. The van der Waals surface area contributed by atoms with Crippen molar-refractivity contribution < 1.29 is 0 Å². The van der Waals surface area contributed by atoms with Crippen molar-refractivity contribution in [3.8, 4) is 0 Å². The molecule has 0 unspecified atom stereocenters. The van der Waals surface area contributed by atoms with Gasteiger partial charge in [0.15, 0.2) is 0 Å². The van der Waals surface area contributed by atoms with Crippen LogP contribution in [0, 0.1) is 6.58 Å². The predicted molar refractivity (Wildman–Crippen MR) is 86.2 cm³/mol. The zero-order valence-corrected chi connectivity index (χ0v) is 11.8. The van der Waals surface area contributed by atoms with E-state index in [0.717, 1.165) is 0 Å². The Kier molecular flexibility index (Phi) is 13.8. The van der Waals surface area contributed by atoms with Crippen molar-refractivity contribution in [2.24, 2.45) is 0 Å². The molecule has 0 bridgehead atoms. The largest absolute Gasteiger partial charge is 0.0877 e. The Hall–Kier alpha value is -3.50. The Morgan fingerprint density at radius 3 is 1.62 bits per heavy atom. The fourth-order valence-corrected chi connectivity index (χ4v) is 0.837. The minimum absolute atomic E-state index is 1.71. The van der Waals surface area contributed by atoms with E-state index < -0.39 is 0 Å². The van der Waals surface area contributed by atoms with Gasteiger partial charge in [0.25, 0.3) is 0 Å². The SMILES string of the molecule is [CH]=C=C=C=C=C=C=C=C=C=C=C/C=C/C=C/C=C/C=C/C. The quantitative estimate of drug-likeness (QED) is 0.507. The summed E-state index contributed by atoms with van der Waals surface area (Å²) in [5.74, 6) is 0. The van der Waals surface area contributed by atoms with E-state index in [1.54, 1.807) is 6.08 Å². The normalized spacial score (nSPS) is 8.62. The van der Waals surface area contributed by atoms with Crippen LogP contribution in [0.1, 0.15) is 6.92 Å². The molecule has 0 aromatic carbocycles. The highest BCUT2D eigenvalue weighted by atomic mass is 13.7. The lowest BCUT2D eigenvalue weighted by molar-refractivity contribution is 1.73. The molecule has 0 N–H and O–H groups in total. The third-order valence-electron chi connectivity index (χ3n) is 1.62. The summed E-state index contributed by atoms with van der Waals surface area (Å²) in [4.78, 5) is 0. The van der Waals surface area contributed by atoms with Crippen LogP contribution in [0.3, 0.4) is 0 Å². The van der Waals surface area contributed by atoms with Gasteiger partial charge in [0.1, 0.15) is 0 Å². The molecule has 0 rings (SSSR count). The molecule has 1 radical (unpaired) electrons. The van der Waals surface area contributed by atoms with Crippen molar-refractivity contribution >= 4 is 0 Å². The van der Waals surface area contributed by atoms with Crippen LogP contribution < -0.4 is 0 Å². The minimum Gasteiger partial charge on any atom is -0.0877 e. The van der Waals surface area contributed by atoms with Crippen LogP contribution in [-0.2, 0) is 0 Å². The summed E-state index contributed by atoms with van der Waals surface area (Å²) < 4.78 is 0. The summed E-state index contributed by atoms with van der Waals surface area (Å²) in [5, 5.41) is 0. The van der Waals surface area contributed by atoms with Gasteiger partial charge >= 0.3 is 0 Å². The molecule has 0 saturated heterocycles. The third kappa shape index (κ3) is 16.5. The average Bonchev–Trinajstić information content (AvgIpc) is 2.50. The maximum absolute atomic E-state index is 4.92. The summed E-state index contributed by atoms with van der Waals surface area (Å²) >= 11 is 0. The van der Waals surface area contributed by atoms with E-state index in [-0.39, 0.29) is 0 Å². The Labute approximate surface area is 126 Å². The first-order valence-corrected chi connectivity index (χ1v) is 6.07. The van der Waals surface area contributed by atoms with E-state index in [9.17, 15) is 0 Å². The molecule has 0 heterocycles. The van der Waals surface area contributed by atoms with Crippen LogP contribution in [0.4, 0.5) is 0 Å². The molecule has 0 amide bonds. The van der Waals surface area contributed by atoms with E-state index in [1.165, 1.54) is 0 Å². The molecule has 0 aromatic rings. The first-order valence-electron chi connectivity index (χ1n) is 6.07. The zero-order chi connectivity index (χ0) is 15.4. The molecular weight excluding hydrogens is 252 g/mol. The lowest BCUT2D eigenvalue weighted by Crippen LogP contribution is -1.50. The maximum atomic E-state index is 4.92. The fourth-order valence-electron chi connectivity index (χ4n) is 0.837. The molecule has 21 heavy (non-hydrogen) atoms. The fraction of sp³-hybridized carbons (Fsp3) is 0.0476. The highest BCUT2D eigenvalue weighted by Crippen LogP contribution is 1.82. The molecular formula is C21H13. The second-order valence-electron chi connectivity index (χ2n) is 3.14. The van der Waals surface area contributed by atoms with Gasteiger partial charge in [-0.05, 0) is 65.4 Å². The lowest BCUT2D eigenvalue weighted by Gasteiger charge is -1.71. The van der Waals surface area contributed by atoms with Crippen LogP contribution in [0.2, 0.25) is 0 Å². The summed E-state index contributed by atoms with van der Waals surface area (Å²) in [7, 11) is 0. The molecule has 0 aliphatic carbocycles. The van der Waals surface area contributed by atoms with Crippen molar-refractivity contribution in [3.05, 3.63) is 119 Å². The summed E-state index contributed by atoms with van der Waals surface area (Å²) in [6.07, 6.45) is 17.1. The van der Waals surface area contributed by atoms with E-state index >= 15 is 0 Å². The number of allylic oxidation sites excluding steroid dienone is 9. The van der Waals surface area contributed by atoms with Gasteiger partial charge in [-0.1, -0.05) is 60.1 Å². The van der Waals surface area contributed by atoms with E-state index in [0.29, 0.717) is 0 Å². The Bertz CT molecular complexity index is 806. The van der Waals surface area contributed by atoms with E-state index in [4.69, 9.17) is 6.58 Å². The van der Waals surface area contributed by atoms with Gasteiger partial charge in [0.2, 0.25) is 0 Å². The second kappa shape index (κ2) is 16.5. The highest BCUT2D eigenvalue weighted by Gasteiger charge is 1.61. The van der Waals surface area contributed by atoms with Gasteiger partial charge in [-0.15, -0.1) is 0 Å². The van der Waals surface area contributed by atoms with Crippen molar-refractivity contribution in [2.45, 2.75) is 6.92 Å². The molecule has 0 spiro atoms. The van der Waals surface area contributed by atoms with E-state index in [2.05, 4.69) is 57.3 Å². The monoisotopic (exact) mass is 265 g/mol. The molecule has 0 aromatic heterocycles. The van der Waals surface area contributed by atoms with Crippen LogP contribution in [-0.4, -0.2) is 0 Å². The topological polar surface area (TPSA) is 0 Å². The average molecular weight is 265 g/mol. The van der Waals surface area contributed by atoms with Gasteiger partial charge in [-0.3, -0.25) is 0 Å². The highest BCUT2D eigenvalue weighted by molar-refractivity contribution is 5.17. The number of rotatable bonds is 4.